The Kier molecular flexibility index (Phi) is 3.07. The molecule has 0 aliphatic carbocycles. The fourth-order valence-corrected chi connectivity index (χ4v) is 1.78. The van der Waals surface area contributed by atoms with E-state index in [4.69, 9.17) is 0 Å². The maximum absolute atomic E-state index is 11.5. The maximum atomic E-state index is 11.5. The topological polar surface area (TPSA) is 37.4 Å². The summed E-state index contributed by atoms with van der Waals surface area (Å²) < 4.78 is 0. The van der Waals surface area contributed by atoms with Crippen LogP contribution in [0.4, 0.5) is 0 Å². The fourth-order valence-electron chi connectivity index (χ4n) is 1.78. The molecule has 0 saturated carbocycles. The highest BCUT2D eigenvalue weighted by atomic mass is 16.2. The monoisotopic (exact) mass is 183 g/mol. The first-order valence-corrected chi connectivity index (χ1v) is 4.88. The minimum atomic E-state index is 0.0969. The summed E-state index contributed by atoms with van der Waals surface area (Å²) in [5.41, 5.74) is 0. The summed E-state index contributed by atoms with van der Waals surface area (Å²) in [7, 11) is 0. The third-order valence-corrected chi connectivity index (χ3v) is 2.67. The zero-order valence-electron chi connectivity index (χ0n) is 8.54. The van der Waals surface area contributed by atoms with Gasteiger partial charge in [-0.1, -0.05) is 13.8 Å². The summed E-state index contributed by atoms with van der Waals surface area (Å²) in [6.07, 6.45) is 1.40. The van der Waals surface area contributed by atoms with Crippen LogP contribution < -0.4 is 0 Å². The molecule has 1 saturated heterocycles. The number of ketones is 1. The lowest BCUT2D eigenvalue weighted by molar-refractivity contribution is -0.135. The van der Waals surface area contributed by atoms with E-state index in [-0.39, 0.29) is 23.7 Å². The Morgan fingerprint density at radius 3 is 2.54 bits per heavy atom. The highest BCUT2D eigenvalue weighted by Crippen LogP contribution is 2.23. The molecule has 1 rings (SSSR count). The third kappa shape index (κ3) is 2.08. The molecule has 1 fully saturated rings. The minimum Gasteiger partial charge on any atom is -0.332 e. The van der Waals surface area contributed by atoms with Crippen LogP contribution in [0.2, 0.25) is 0 Å². The number of rotatable bonds is 3. The highest BCUT2D eigenvalue weighted by molar-refractivity contribution is 5.88. The summed E-state index contributed by atoms with van der Waals surface area (Å²) in [5.74, 6) is 0.378. The molecule has 2 atom stereocenters. The largest absolute Gasteiger partial charge is 0.332 e. The van der Waals surface area contributed by atoms with Crippen LogP contribution in [-0.2, 0) is 9.59 Å². The standard InChI is InChI=1S/C10H17NO2/c1-4-9(12)6-11-8(3)5-7(2)10(11)13/h7-8H,4-6H2,1-3H3. The van der Waals surface area contributed by atoms with Gasteiger partial charge in [0.25, 0.3) is 0 Å². The molecule has 1 aliphatic heterocycles. The van der Waals surface area contributed by atoms with Crippen LogP contribution in [0.1, 0.15) is 33.6 Å². The zero-order chi connectivity index (χ0) is 10.0. The molecule has 2 unspecified atom stereocenters. The average molecular weight is 183 g/mol. The molecule has 0 aromatic heterocycles. The van der Waals surface area contributed by atoms with Crippen molar-refractivity contribution in [2.45, 2.75) is 39.7 Å². The Morgan fingerprint density at radius 2 is 2.15 bits per heavy atom. The molecule has 0 bridgehead atoms. The second kappa shape index (κ2) is 3.90. The van der Waals surface area contributed by atoms with Gasteiger partial charge in [-0.05, 0) is 13.3 Å². The molecule has 0 aromatic carbocycles. The number of amides is 1. The lowest BCUT2D eigenvalue weighted by atomic mass is 10.1. The summed E-state index contributed by atoms with van der Waals surface area (Å²) in [6, 6.07) is 0.234. The maximum Gasteiger partial charge on any atom is 0.226 e. The average Bonchev–Trinajstić information content (AvgIpc) is 2.32. The van der Waals surface area contributed by atoms with E-state index in [2.05, 4.69) is 0 Å². The molecular formula is C10H17NO2. The van der Waals surface area contributed by atoms with Gasteiger partial charge in [0.1, 0.15) is 0 Å². The van der Waals surface area contributed by atoms with Gasteiger partial charge in [0.2, 0.25) is 5.91 Å². The predicted molar refractivity (Wildman–Crippen MR) is 50.3 cm³/mol. The van der Waals surface area contributed by atoms with Crippen molar-refractivity contribution in [3.8, 4) is 0 Å². The molecule has 0 radical (unpaired) electrons. The van der Waals surface area contributed by atoms with Crippen LogP contribution in [0.25, 0.3) is 0 Å². The summed E-state index contributed by atoms with van der Waals surface area (Å²) in [6.45, 7) is 6.07. The number of carbonyl (C=O) groups is 2. The van der Waals surface area contributed by atoms with Crippen LogP contribution in [0.5, 0.6) is 0 Å². The molecule has 13 heavy (non-hydrogen) atoms. The second-order valence-electron chi connectivity index (χ2n) is 3.84. The second-order valence-corrected chi connectivity index (χ2v) is 3.84. The van der Waals surface area contributed by atoms with Crippen LogP contribution in [0, 0.1) is 5.92 Å². The van der Waals surface area contributed by atoms with E-state index in [1.807, 2.05) is 20.8 Å². The van der Waals surface area contributed by atoms with Crippen LogP contribution in [0.15, 0.2) is 0 Å². The van der Waals surface area contributed by atoms with Gasteiger partial charge >= 0.3 is 0 Å². The first-order chi connectivity index (χ1) is 6.06. The number of likely N-dealkylation sites (tertiary alicyclic amines) is 1. The third-order valence-electron chi connectivity index (χ3n) is 2.67. The molecule has 0 aromatic rings. The number of hydrogen-bond donors (Lipinski definition) is 0. The lowest BCUT2D eigenvalue weighted by Gasteiger charge is -2.20. The summed E-state index contributed by atoms with van der Waals surface area (Å²) in [5, 5.41) is 0. The molecule has 0 spiro atoms. The van der Waals surface area contributed by atoms with E-state index in [0.29, 0.717) is 13.0 Å². The Bertz CT molecular complexity index is 225. The molecule has 1 amide bonds. The van der Waals surface area contributed by atoms with Gasteiger partial charge in [-0.3, -0.25) is 9.59 Å². The van der Waals surface area contributed by atoms with Crippen molar-refractivity contribution in [2.75, 3.05) is 6.54 Å². The number of carbonyl (C=O) groups excluding carboxylic acids is 2. The Hall–Kier alpha value is -0.860. The fraction of sp³-hybridized carbons (Fsp3) is 0.800. The van der Waals surface area contributed by atoms with Gasteiger partial charge in [-0.25, -0.2) is 0 Å². The van der Waals surface area contributed by atoms with Gasteiger partial charge in [0, 0.05) is 18.4 Å². The van der Waals surface area contributed by atoms with E-state index in [1.165, 1.54) is 0 Å². The van der Waals surface area contributed by atoms with E-state index in [9.17, 15) is 9.59 Å². The van der Waals surface area contributed by atoms with Crippen molar-refractivity contribution in [2.24, 2.45) is 5.92 Å². The molecule has 1 heterocycles. The van der Waals surface area contributed by atoms with Crippen LogP contribution in [0.3, 0.4) is 0 Å². The van der Waals surface area contributed by atoms with Crippen LogP contribution >= 0.6 is 0 Å². The Labute approximate surface area is 79.1 Å². The number of nitrogens with zero attached hydrogens (tertiary/aromatic N) is 1. The van der Waals surface area contributed by atoms with E-state index >= 15 is 0 Å². The van der Waals surface area contributed by atoms with Crippen molar-refractivity contribution in [1.29, 1.82) is 0 Å². The van der Waals surface area contributed by atoms with Crippen molar-refractivity contribution in [3.05, 3.63) is 0 Å². The molecule has 0 N–H and O–H groups in total. The number of Topliss-reactive ketones (excluding diaryl/α,β-unsaturated/α-hetero) is 1. The molecule has 3 nitrogen and oxygen atoms in total. The SMILES string of the molecule is CCC(=O)CN1C(=O)C(C)CC1C. The van der Waals surface area contributed by atoms with Gasteiger partial charge in [-0.15, -0.1) is 0 Å². The first kappa shape index (κ1) is 10.2. The van der Waals surface area contributed by atoms with E-state index < -0.39 is 0 Å². The number of hydrogen-bond acceptors (Lipinski definition) is 2. The minimum absolute atomic E-state index is 0.0969. The summed E-state index contributed by atoms with van der Waals surface area (Å²) >= 11 is 0. The van der Waals surface area contributed by atoms with Gasteiger partial charge in [-0.2, -0.15) is 0 Å². The van der Waals surface area contributed by atoms with Crippen molar-refractivity contribution < 1.29 is 9.59 Å². The smallest absolute Gasteiger partial charge is 0.226 e. The van der Waals surface area contributed by atoms with Gasteiger partial charge in [0.15, 0.2) is 5.78 Å². The molecule has 3 heteroatoms. The summed E-state index contributed by atoms with van der Waals surface area (Å²) in [4.78, 5) is 24.4. The normalized spacial score (nSPS) is 28.2. The van der Waals surface area contributed by atoms with Crippen molar-refractivity contribution in [3.63, 3.8) is 0 Å². The van der Waals surface area contributed by atoms with Gasteiger partial charge in [0.05, 0.1) is 6.54 Å². The lowest BCUT2D eigenvalue weighted by Crippen LogP contribution is -2.36. The molecule has 74 valence electrons. The van der Waals surface area contributed by atoms with Gasteiger partial charge < -0.3 is 4.90 Å². The first-order valence-electron chi connectivity index (χ1n) is 4.88. The van der Waals surface area contributed by atoms with E-state index in [1.54, 1.807) is 4.90 Å². The van der Waals surface area contributed by atoms with Crippen molar-refractivity contribution in [1.82, 2.24) is 4.90 Å². The Balaban J connectivity index is 2.59. The molecular weight excluding hydrogens is 166 g/mol. The Morgan fingerprint density at radius 1 is 1.54 bits per heavy atom. The highest BCUT2D eigenvalue weighted by Gasteiger charge is 2.34. The quantitative estimate of drug-likeness (QED) is 0.659. The predicted octanol–water partition coefficient (Wildman–Crippen LogP) is 1.22. The van der Waals surface area contributed by atoms with Crippen molar-refractivity contribution >= 4 is 11.7 Å². The zero-order valence-corrected chi connectivity index (χ0v) is 8.54. The van der Waals surface area contributed by atoms with E-state index in [0.717, 1.165) is 6.42 Å². The molecule has 1 aliphatic rings. The van der Waals surface area contributed by atoms with Crippen LogP contribution in [-0.4, -0.2) is 29.2 Å².